The van der Waals surface area contributed by atoms with Gasteiger partial charge in [-0.3, -0.25) is 4.79 Å². The summed E-state index contributed by atoms with van der Waals surface area (Å²) in [6, 6.07) is 17.5. The van der Waals surface area contributed by atoms with Crippen molar-refractivity contribution in [3.05, 3.63) is 70.8 Å². The molecule has 1 aliphatic heterocycles. The fourth-order valence-corrected chi connectivity index (χ4v) is 5.05. The van der Waals surface area contributed by atoms with Crippen LogP contribution in [-0.2, 0) is 9.53 Å². The molecule has 6 rings (SSSR count). The molecule has 1 fully saturated rings. The summed E-state index contributed by atoms with van der Waals surface area (Å²) in [6.45, 7) is 2.62. The number of hydrogen-bond donors (Lipinski definition) is 2. The number of benzene rings is 2. The van der Waals surface area contributed by atoms with Crippen LogP contribution in [0.3, 0.4) is 0 Å². The van der Waals surface area contributed by atoms with Gasteiger partial charge in [0.1, 0.15) is 6.04 Å². The van der Waals surface area contributed by atoms with Crippen molar-refractivity contribution in [3.63, 3.8) is 0 Å². The topological polar surface area (TPSA) is 50.4 Å². The Hall–Kier alpha value is -2.17. The summed E-state index contributed by atoms with van der Waals surface area (Å²) < 4.78 is 5.41. The molecule has 0 aromatic heterocycles. The van der Waals surface area contributed by atoms with E-state index in [1.165, 1.54) is 22.3 Å². The molecule has 1 saturated heterocycles. The van der Waals surface area contributed by atoms with E-state index in [2.05, 4.69) is 59.2 Å². The molecule has 4 nitrogen and oxygen atoms in total. The molecule has 1 heterocycles. The van der Waals surface area contributed by atoms with E-state index >= 15 is 0 Å². The molecule has 0 radical (unpaired) electrons. The van der Waals surface area contributed by atoms with E-state index in [9.17, 15) is 4.79 Å². The van der Waals surface area contributed by atoms with Gasteiger partial charge in [-0.1, -0.05) is 48.5 Å². The lowest BCUT2D eigenvalue weighted by Gasteiger charge is -2.45. The fraction of sp³-hybridized carbons (Fsp3) is 0.409. The highest BCUT2D eigenvalue weighted by Gasteiger charge is 2.43. The number of carbonyl (C=O) groups excluding carboxylic acids is 1. The zero-order chi connectivity index (χ0) is 17.5. The Morgan fingerprint density at radius 2 is 1.69 bits per heavy atom. The van der Waals surface area contributed by atoms with Gasteiger partial charge in [0, 0.05) is 24.9 Å². The molecule has 2 atom stereocenters. The van der Waals surface area contributed by atoms with Crippen LogP contribution in [0.15, 0.2) is 48.5 Å². The van der Waals surface area contributed by atoms with Crippen LogP contribution in [0, 0.1) is 5.92 Å². The number of rotatable bonds is 3. The standard InChI is InChI=1S/C22H24N2O2/c25-22(20-13-26-10-9-23-20)24-12-14-11-19-15-5-1-3-7-17(15)21(14)18-8-4-2-6-16(18)19/h1-8,14,19-21,23H,9-13H2,(H,24,25)/t14-,19?,20+,21?/m1/s1. The molecule has 2 bridgehead atoms. The normalized spacial score (nSPS) is 28.9. The van der Waals surface area contributed by atoms with Crippen molar-refractivity contribution in [3.8, 4) is 0 Å². The van der Waals surface area contributed by atoms with Gasteiger partial charge in [-0.15, -0.1) is 0 Å². The van der Waals surface area contributed by atoms with E-state index in [1.807, 2.05) is 0 Å². The van der Waals surface area contributed by atoms with Crippen molar-refractivity contribution >= 4 is 5.91 Å². The molecule has 0 spiro atoms. The monoisotopic (exact) mass is 348 g/mol. The van der Waals surface area contributed by atoms with E-state index in [4.69, 9.17) is 4.74 Å². The molecule has 1 amide bonds. The molecular weight excluding hydrogens is 324 g/mol. The highest BCUT2D eigenvalue weighted by Crippen LogP contribution is 2.55. The highest BCUT2D eigenvalue weighted by molar-refractivity contribution is 5.82. The first-order valence-corrected chi connectivity index (χ1v) is 9.59. The maximum Gasteiger partial charge on any atom is 0.239 e. The van der Waals surface area contributed by atoms with Gasteiger partial charge < -0.3 is 15.4 Å². The second kappa shape index (κ2) is 6.53. The first-order valence-electron chi connectivity index (χ1n) is 9.59. The first kappa shape index (κ1) is 16.0. The SMILES string of the molecule is O=C(NC[C@H]1CC2c3ccccc3C1c1ccccc12)[C@@H]1COCCN1. The fourth-order valence-electron chi connectivity index (χ4n) is 5.05. The zero-order valence-corrected chi connectivity index (χ0v) is 14.8. The molecule has 0 unspecified atom stereocenters. The van der Waals surface area contributed by atoms with Gasteiger partial charge in [0.2, 0.25) is 5.91 Å². The Balaban J connectivity index is 1.39. The van der Waals surface area contributed by atoms with Crippen molar-refractivity contribution in [2.45, 2.75) is 24.3 Å². The summed E-state index contributed by atoms with van der Waals surface area (Å²) in [5.74, 6) is 1.33. The number of ether oxygens (including phenoxy) is 1. The highest BCUT2D eigenvalue weighted by atomic mass is 16.5. The van der Waals surface area contributed by atoms with Crippen molar-refractivity contribution in [2.75, 3.05) is 26.3 Å². The summed E-state index contributed by atoms with van der Waals surface area (Å²) in [5, 5.41) is 6.42. The maximum absolute atomic E-state index is 12.5. The Kier molecular flexibility index (Phi) is 4.03. The Morgan fingerprint density at radius 3 is 2.31 bits per heavy atom. The van der Waals surface area contributed by atoms with Crippen LogP contribution in [0.4, 0.5) is 0 Å². The van der Waals surface area contributed by atoms with Gasteiger partial charge in [0.05, 0.1) is 13.2 Å². The van der Waals surface area contributed by atoms with E-state index < -0.39 is 0 Å². The molecule has 0 saturated carbocycles. The maximum atomic E-state index is 12.5. The third-order valence-electron chi connectivity index (χ3n) is 6.20. The van der Waals surface area contributed by atoms with Gasteiger partial charge in [0.25, 0.3) is 0 Å². The molecule has 4 heteroatoms. The number of carbonyl (C=O) groups is 1. The molecule has 4 aliphatic rings. The lowest BCUT2D eigenvalue weighted by molar-refractivity contribution is -0.126. The summed E-state index contributed by atoms with van der Waals surface area (Å²) in [7, 11) is 0. The van der Waals surface area contributed by atoms with Crippen LogP contribution < -0.4 is 10.6 Å². The third kappa shape index (κ3) is 2.56. The largest absolute Gasteiger partial charge is 0.378 e. The number of hydrogen-bond acceptors (Lipinski definition) is 3. The van der Waals surface area contributed by atoms with Crippen LogP contribution in [0.1, 0.15) is 40.5 Å². The van der Waals surface area contributed by atoms with Crippen molar-refractivity contribution < 1.29 is 9.53 Å². The minimum Gasteiger partial charge on any atom is -0.378 e. The van der Waals surface area contributed by atoms with Gasteiger partial charge in [-0.25, -0.2) is 0 Å². The number of amides is 1. The smallest absolute Gasteiger partial charge is 0.239 e. The minimum atomic E-state index is -0.218. The van der Waals surface area contributed by atoms with Crippen LogP contribution >= 0.6 is 0 Å². The second-order valence-corrected chi connectivity index (χ2v) is 7.61. The van der Waals surface area contributed by atoms with Gasteiger partial charge in [0.15, 0.2) is 0 Å². The molecule has 134 valence electrons. The van der Waals surface area contributed by atoms with Crippen LogP contribution in [0.25, 0.3) is 0 Å². The summed E-state index contributed by atoms with van der Waals surface area (Å²) in [4.78, 5) is 12.5. The predicted octanol–water partition coefficient (Wildman–Crippen LogP) is 2.39. The van der Waals surface area contributed by atoms with E-state index in [1.54, 1.807) is 0 Å². The van der Waals surface area contributed by atoms with Crippen LogP contribution in [0.2, 0.25) is 0 Å². The summed E-state index contributed by atoms with van der Waals surface area (Å²) >= 11 is 0. The van der Waals surface area contributed by atoms with Crippen molar-refractivity contribution in [1.29, 1.82) is 0 Å². The number of morpholine rings is 1. The van der Waals surface area contributed by atoms with Crippen LogP contribution in [0.5, 0.6) is 0 Å². The van der Waals surface area contributed by atoms with Crippen molar-refractivity contribution in [1.82, 2.24) is 10.6 Å². The van der Waals surface area contributed by atoms with E-state index in [0.29, 0.717) is 31.0 Å². The average molecular weight is 348 g/mol. The summed E-state index contributed by atoms with van der Waals surface area (Å²) in [6.07, 6.45) is 1.10. The lowest BCUT2D eigenvalue weighted by Crippen LogP contribution is -2.52. The number of nitrogens with one attached hydrogen (secondary N) is 2. The van der Waals surface area contributed by atoms with Crippen LogP contribution in [-0.4, -0.2) is 38.3 Å². The molecule has 3 aliphatic carbocycles. The molecule has 2 aromatic carbocycles. The Bertz CT molecular complexity index is 781. The molecule has 2 aromatic rings. The van der Waals surface area contributed by atoms with Gasteiger partial charge >= 0.3 is 0 Å². The quantitative estimate of drug-likeness (QED) is 0.895. The molecular formula is C22H24N2O2. The first-order chi connectivity index (χ1) is 12.8. The second-order valence-electron chi connectivity index (χ2n) is 7.61. The summed E-state index contributed by atoms with van der Waals surface area (Å²) in [5.41, 5.74) is 5.84. The predicted molar refractivity (Wildman–Crippen MR) is 100 cm³/mol. The third-order valence-corrected chi connectivity index (χ3v) is 6.20. The van der Waals surface area contributed by atoms with Gasteiger partial charge in [-0.2, -0.15) is 0 Å². The minimum absolute atomic E-state index is 0.0627. The number of fused-ring (bicyclic) bond motifs is 1. The Labute approximate surface area is 153 Å². The zero-order valence-electron chi connectivity index (χ0n) is 14.8. The lowest BCUT2D eigenvalue weighted by atomic mass is 9.59. The average Bonchev–Trinajstić information content (AvgIpc) is 2.73. The molecule has 2 N–H and O–H groups in total. The Morgan fingerprint density at radius 1 is 1.04 bits per heavy atom. The molecule has 26 heavy (non-hydrogen) atoms. The van der Waals surface area contributed by atoms with Gasteiger partial charge in [-0.05, 0) is 34.6 Å². The van der Waals surface area contributed by atoms with Crippen molar-refractivity contribution in [2.24, 2.45) is 5.92 Å². The van der Waals surface area contributed by atoms with E-state index in [0.717, 1.165) is 19.5 Å². The van der Waals surface area contributed by atoms with E-state index in [-0.39, 0.29) is 11.9 Å².